The van der Waals surface area contributed by atoms with Crippen LogP contribution in [0.15, 0.2) is 35.4 Å². The van der Waals surface area contributed by atoms with Crippen LogP contribution in [-0.4, -0.2) is 42.1 Å². The molecule has 1 aromatic carbocycles. The van der Waals surface area contributed by atoms with Gasteiger partial charge >= 0.3 is 5.97 Å². The first kappa shape index (κ1) is 14.7. The zero-order valence-electron chi connectivity index (χ0n) is 12.2. The first-order valence-electron chi connectivity index (χ1n) is 6.86. The molecule has 0 aliphatic heterocycles. The lowest BCUT2D eigenvalue weighted by atomic mass is 10.1. The minimum Gasteiger partial charge on any atom is -0.494 e. The van der Waals surface area contributed by atoms with Crippen molar-refractivity contribution in [2.24, 2.45) is 0 Å². The van der Waals surface area contributed by atoms with Gasteiger partial charge in [0.25, 0.3) is 11.3 Å². The smallest absolute Gasteiger partial charge is 0.323 e. The molecule has 9 nitrogen and oxygen atoms in total. The number of hydrogen-bond acceptors (Lipinski definition) is 6. The van der Waals surface area contributed by atoms with Crippen molar-refractivity contribution in [3.8, 4) is 17.0 Å². The lowest BCUT2D eigenvalue weighted by Crippen LogP contribution is -2.29. The average molecular weight is 315 g/mol. The van der Waals surface area contributed by atoms with Crippen LogP contribution < -0.4 is 10.3 Å². The molecule has 0 unspecified atom stereocenters. The molecule has 0 spiro atoms. The Balaban J connectivity index is 2.15. The Labute approximate surface area is 129 Å². The third-order valence-corrected chi connectivity index (χ3v) is 3.14. The Kier molecular flexibility index (Phi) is 3.75. The van der Waals surface area contributed by atoms with Crippen LogP contribution in [0.2, 0.25) is 0 Å². The van der Waals surface area contributed by atoms with E-state index in [0.717, 1.165) is 4.57 Å². The molecule has 0 atom stereocenters. The Morgan fingerprint density at radius 3 is 2.70 bits per heavy atom. The Bertz CT molecular complexity index is 913. The minimum atomic E-state index is -1.15. The van der Waals surface area contributed by atoms with Crippen molar-refractivity contribution in [1.29, 1.82) is 0 Å². The highest BCUT2D eigenvalue weighted by atomic mass is 16.5. The number of rotatable bonds is 5. The second kappa shape index (κ2) is 5.87. The highest BCUT2D eigenvalue weighted by Crippen LogP contribution is 2.18. The van der Waals surface area contributed by atoms with Crippen molar-refractivity contribution in [2.75, 3.05) is 6.61 Å². The molecule has 2 aromatic heterocycles. The highest BCUT2D eigenvalue weighted by molar-refractivity contribution is 5.68. The molecule has 118 valence electrons. The number of ether oxygens (including phenoxy) is 1. The summed E-state index contributed by atoms with van der Waals surface area (Å²) in [5, 5.41) is 20.6. The van der Waals surface area contributed by atoms with Gasteiger partial charge in [0.2, 0.25) is 0 Å². The van der Waals surface area contributed by atoms with Crippen LogP contribution in [-0.2, 0) is 11.3 Å². The fourth-order valence-corrected chi connectivity index (χ4v) is 2.18. The predicted molar refractivity (Wildman–Crippen MR) is 79.3 cm³/mol. The van der Waals surface area contributed by atoms with Gasteiger partial charge in [0.1, 0.15) is 18.6 Å². The lowest BCUT2D eigenvalue weighted by Gasteiger charge is -2.08. The van der Waals surface area contributed by atoms with E-state index in [-0.39, 0.29) is 11.5 Å². The van der Waals surface area contributed by atoms with Crippen molar-refractivity contribution in [1.82, 2.24) is 24.4 Å². The largest absolute Gasteiger partial charge is 0.494 e. The van der Waals surface area contributed by atoms with E-state index in [4.69, 9.17) is 9.84 Å². The molecule has 1 N–H and O–H groups in total. The summed E-state index contributed by atoms with van der Waals surface area (Å²) >= 11 is 0. The van der Waals surface area contributed by atoms with E-state index in [2.05, 4.69) is 15.3 Å². The number of nitrogens with zero attached hydrogens (tertiary/aromatic N) is 5. The van der Waals surface area contributed by atoms with Crippen LogP contribution in [0.5, 0.6) is 5.75 Å². The topological polar surface area (TPSA) is 112 Å². The van der Waals surface area contributed by atoms with E-state index in [1.54, 1.807) is 24.3 Å². The molecule has 9 heteroatoms. The van der Waals surface area contributed by atoms with Crippen molar-refractivity contribution in [3.63, 3.8) is 0 Å². The Morgan fingerprint density at radius 2 is 2.04 bits per heavy atom. The number of carboxylic acid groups (broad SMARTS) is 1. The van der Waals surface area contributed by atoms with Crippen LogP contribution in [0.25, 0.3) is 17.0 Å². The summed E-state index contributed by atoms with van der Waals surface area (Å²) in [4.78, 5) is 23.5. The van der Waals surface area contributed by atoms with Crippen molar-refractivity contribution < 1.29 is 14.6 Å². The number of aromatic nitrogens is 5. The van der Waals surface area contributed by atoms with Crippen LogP contribution in [0.4, 0.5) is 0 Å². The average Bonchev–Trinajstić information content (AvgIpc) is 2.99. The zero-order valence-corrected chi connectivity index (χ0v) is 12.2. The molecule has 0 bridgehead atoms. The van der Waals surface area contributed by atoms with Crippen LogP contribution >= 0.6 is 0 Å². The number of carbonyl (C=O) groups is 1. The summed E-state index contributed by atoms with van der Waals surface area (Å²) in [7, 11) is 0. The SMILES string of the molecule is CCOc1ccc(-c2nn3cnnc3n(CC(=O)O)c2=O)cc1. The van der Waals surface area contributed by atoms with E-state index in [1.165, 1.54) is 10.8 Å². The van der Waals surface area contributed by atoms with Gasteiger partial charge in [-0.05, 0) is 31.2 Å². The second-order valence-electron chi connectivity index (χ2n) is 4.67. The lowest BCUT2D eigenvalue weighted by molar-refractivity contribution is -0.137. The molecule has 2 heterocycles. The molecular formula is C14H13N5O4. The molecular weight excluding hydrogens is 302 g/mol. The first-order chi connectivity index (χ1) is 11.1. The fourth-order valence-electron chi connectivity index (χ4n) is 2.18. The molecule has 0 aliphatic rings. The number of hydrogen-bond donors (Lipinski definition) is 1. The zero-order chi connectivity index (χ0) is 16.4. The van der Waals surface area contributed by atoms with Gasteiger partial charge < -0.3 is 9.84 Å². The predicted octanol–water partition coefficient (Wildman–Crippen LogP) is 0.436. The highest BCUT2D eigenvalue weighted by Gasteiger charge is 2.16. The maximum atomic E-state index is 12.6. The first-order valence-corrected chi connectivity index (χ1v) is 6.86. The molecule has 3 rings (SSSR count). The van der Waals surface area contributed by atoms with Crippen molar-refractivity contribution in [3.05, 3.63) is 40.9 Å². The third-order valence-electron chi connectivity index (χ3n) is 3.14. The minimum absolute atomic E-state index is 0.0760. The van der Waals surface area contributed by atoms with E-state index < -0.39 is 18.1 Å². The summed E-state index contributed by atoms with van der Waals surface area (Å²) in [6.07, 6.45) is 1.31. The monoisotopic (exact) mass is 315 g/mol. The molecule has 3 aromatic rings. The van der Waals surface area contributed by atoms with Gasteiger partial charge in [0.05, 0.1) is 6.61 Å². The summed E-state index contributed by atoms with van der Waals surface area (Å²) in [5.74, 6) is -0.402. The summed E-state index contributed by atoms with van der Waals surface area (Å²) in [6.45, 7) is 1.89. The Hall–Kier alpha value is -3.23. The number of fused-ring (bicyclic) bond motifs is 1. The molecule has 0 aliphatic carbocycles. The summed E-state index contributed by atoms with van der Waals surface area (Å²) < 4.78 is 7.65. The second-order valence-corrected chi connectivity index (χ2v) is 4.67. The van der Waals surface area contributed by atoms with Crippen LogP contribution in [0.3, 0.4) is 0 Å². The van der Waals surface area contributed by atoms with Gasteiger partial charge in [-0.2, -0.15) is 9.61 Å². The van der Waals surface area contributed by atoms with Gasteiger partial charge in [-0.1, -0.05) is 0 Å². The maximum Gasteiger partial charge on any atom is 0.323 e. The normalized spacial score (nSPS) is 10.8. The molecule has 0 radical (unpaired) electrons. The number of benzene rings is 1. The Morgan fingerprint density at radius 1 is 1.30 bits per heavy atom. The van der Waals surface area contributed by atoms with E-state index in [1.807, 2.05) is 6.92 Å². The van der Waals surface area contributed by atoms with E-state index in [9.17, 15) is 9.59 Å². The fraction of sp³-hybridized carbons (Fsp3) is 0.214. The molecule has 23 heavy (non-hydrogen) atoms. The molecule has 0 saturated heterocycles. The number of aliphatic carboxylic acids is 1. The van der Waals surface area contributed by atoms with Gasteiger partial charge in [0, 0.05) is 5.56 Å². The standard InChI is InChI=1S/C14H13N5O4/c1-2-23-10-5-3-9(4-6-10)12-13(22)18(7-11(20)21)14-16-15-8-19(14)17-12/h3-6,8H,2,7H2,1H3,(H,20,21). The van der Waals surface area contributed by atoms with Gasteiger partial charge in [-0.15, -0.1) is 10.2 Å². The number of carboxylic acids is 1. The van der Waals surface area contributed by atoms with Crippen molar-refractivity contribution in [2.45, 2.75) is 13.5 Å². The van der Waals surface area contributed by atoms with Crippen molar-refractivity contribution >= 4 is 11.7 Å². The summed E-state index contributed by atoms with van der Waals surface area (Å²) in [5.41, 5.74) is 0.117. The molecule has 0 fully saturated rings. The maximum absolute atomic E-state index is 12.6. The van der Waals surface area contributed by atoms with Crippen LogP contribution in [0, 0.1) is 0 Å². The third kappa shape index (κ3) is 2.76. The molecule has 0 saturated carbocycles. The van der Waals surface area contributed by atoms with Crippen LogP contribution in [0.1, 0.15) is 6.92 Å². The van der Waals surface area contributed by atoms with Gasteiger partial charge in [0.15, 0.2) is 5.69 Å². The van der Waals surface area contributed by atoms with E-state index >= 15 is 0 Å². The summed E-state index contributed by atoms with van der Waals surface area (Å²) in [6, 6.07) is 6.82. The van der Waals surface area contributed by atoms with Gasteiger partial charge in [-0.3, -0.25) is 14.2 Å². The van der Waals surface area contributed by atoms with Gasteiger partial charge in [-0.25, -0.2) is 0 Å². The quantitative estimate of drug-likeness (QED) is 0.727. The molecule has 0 amide bonds. The van der Waals surface area contributed by atoms with E-state index in [0.29, 0.717) is 17.9 Å².